The zero-order chi connectivity index (χ0) is 14.3. The summed E-state index contributed by atoms with van der Waals surface area (Å²) >= 11 is 0. The second-order valence-electron chi connectivity index (χ2n) is 4.09. The van der Waals surface area contributed by atoms with E-state index >= 15 is 0 Å². The molecule has 0 spiro atoms. The SMILES string of the molecule is CCOc1ccc(NC(=O)N[C@H](C)CCO)cc1F. The molecule has 0 aromatic heterocycles. The van der Waals surface area contributed by atoms with E-state index in [1.807, 2.05) is 0 Å². The lowest BCUT2D eigenvalue weighted by Crippen LogP contribution is -2.36. The molecule has 1 rings (SSSR count). The number of aliphatic hydroxyl groups is 1. The second-order valence-corrected chi connectivity index (χ2v) is 4.09. The summed E-state index contributed by atoms with van der Waals surface area (Å²) in [5, 5.41) is 13.9. The van der Waals surface area contributed by atoms with Crippen LogP contribution in [0, 0.1) is 5.82 Å². The Morgan fingerprint density at radius 2 is 2.26 bits per heavy atom. The predicted molar refractivity (Wildman–Crippen MR) is 70.9 cm³/mol. The molecule has 3 N–H and O–H groups in total. The number of urea groups is 1. The number of hydrogen-bond donors (Lipinski definition) is 3. The van der Waals surface area contributed by atoms with E-state index in [1.165, 1.54) is 12.1 Å². The first-order valence-corrected chi connectivity index (χ1v) is 6.17. The van der Waals surface area contributed by atoms with Crippen molar-refractivity contribution in [2.24, 2.45) is 0 Å². The van der Waals surface area contributed by atoms with Gasteiger partial charge in [0.2, 0.25) is 0 Å². The largest absolute Gasteiger partial charge is 0.491 e. The molecule has 0 radical (unpaired) electrons. The minimum Gasteiger partial charge on any atom is -0.491 e. The number of carbonyl (C=O) groups is 1. The minimum absolute atomic E-state index is 0.000865. The Balaban J connectivity index is 2.57. The van der Waals surface area contributed by atoms with Crippen LogP contribution in [0.15, 0.2) is 18.2 Å². The third kappa shape index (κ3) is 5.13. The number of hydrogen-bond acceptors (Lipinski definition) is 3. The molecule has 0 saturated carbocycles. The summed E-state index contributed by atoms with van der Waals surface area (Å²) in [7, 11) is 0. The van der Waals surface area contributed by atoms with Gasteiger partial charge in [-0.25, -0.2) is 9.18 Å². The average molecular weight is 270 g/mol. The Labute approximate surface area is 111 Å². The Bertz CT molecular complexity index is 426. The zero-order valence-electron chi connectivity index (χ0n) is 11.1. The number of carbonyl (C=O) groups excluding carboxylic acids is 1. The van der Waals surface area contributed by atoms with E-state index in [0.717, 1.165) is 0 Å². The highest BCUT2D eigenvalue weighted by Crippen LogP contribution is 2.21. The van der Waals surface area contributed by atoms with Gasteiger partial charge in [0.1, 0.15) is 0 Å². The van der Waals surface area contributed by atoms with Gasteiger partial charge >= 0.3 is 6.03 Å². The summed E-state index contributed by atoms with van der Waals surface area (Å²) in [6, 6.07) is 3.62. The highest BCUT2D eigenvalue weighted by molar-refractivity contribution is 5.89. The van der Waals surface area contributed by atoms with Gasteiger partial charge in [-0.05, 0) is 32.4 Å². The van der Waals surface area contributed by atoms with Crippen molar-refractivity contribution in [2.45, 2.75) is 26.3 Å². The van der Waals surface area contributed by atoms with Gasteiger partial charge in [0, 0.05) is 24.4 Å². The number of halogens is 1. The average Bonchev–Trinajstić information content (AvgIpc) is 2.32. The van der Waals surface area contributed by atoms with Gasteiger partial charge in [0.05, 0.1) is 6.61 Å². The van der Waals surface area contributed by atoms with Gasteiger partial charge in [-0.15, -0.1) is 0 Å². The number of benzene rings is 1. The van der Waals surface area contributed by atoms with E-state index in [0.29, 0.717) is 18.7 Å². The summed E-state index contributed by atoms with van der Waals surface area (Å²) in [6.45, 7) is 3.91. The van der Waals surface area contributed by atoms with Crippen LogP contribution in [0.5, 0.6) is 5.75 Å². The van der Waals surface area contributed by atoms with Crippen molar-refractivity contribution in [3.8, 4) is 5.75 Å². The van der Waals surface area contributed by atoms with Crippen LogP contribution in [0.2, 0.25) is 0 Å². The van der Waals surface area contributed by atoms with Crippen LogP contribution >= 0.6 is 0 Å². The summed E-state index contributed by atoms with van der Waals surface area (Å²) < 4.78 is 18.6. The molecule has 1 aromatic rings. The Morgan fingerprint density at radius 1 is 1.53 bits per heavy atom. The molecule has 2 amide bonds. The van der Waals surface area contributed by atoms with E-state index in [9.17, 15) is 9.18 Å². The highest BCUT2D eigenvalue weighted by atomic mass is 19.1. The Hall–Kier alpha value is -1.82. The number of amides is 2. The monoisotopic (exact) mass is 270 g/mol. The van der Waals surface area contributed by atoms with E-state index < -0.39 is 11.8 Å². The van der Waals surface area contributed by atoms with E-state index in [1.54, 1.807) is 19.9 Å². The number of nitrogens with one attached hydrogen (secondary N) is 2. The molecule has 0 fully saturated rings. The lowest BCUT2D eigenvalue weighted by Gasteiger charge is -2.13. The van der Waals surface area contributed by atoms with Gasteiger partial charge in [0.15, 0.2) is 11.6 Å². The van der Waals surface area contributed by atoms with Gasteiger partial charge in [-0.1, -0.05) is 0 Å². The quantitative estimate of drug-likeness (QED) is 0.741. The van der Waals surface area contributed by atoms with Crippen molar-refractivity contribution in [3.63, 3.8) is 0 Å². The number of ether oxygens (including phenoxy) is 1. The molecule has 0 saturated heterocycles. The fraction of sp³-hybridized carbons (Fsp3) is 0.462. The van der Waals surface area contributed by atoms with Crippen molar-refractivity contribution in [1.29, 1.82) is 0 Å². The Morgan fingerprint density at radius 3 is 2.84 bits per heavy atom. The van der Waals surface area contributed by atoms with Gasteiger partial charge in [-0.2, -0.15) is 0 Å². The summed E-state index contributed by atoms with van der Waals surface area (Å²) in [5.41, 5.74) is 0.342. The lowest BCUT2D eigenvalue weighted by molar-refractivity contribution is 0.241. The summed E-state index contributed by atoms with van der Waals surface area (Å²) in [4.78, 5) is 11.6. The van der Waals surface area contributed by atoms with Crippen LogP contribution in [0.25, 0.3) is 0 Å². The predicted octanol–water partition coefficient (Wildman–Crippen LogP) is 2.12. The standard InChI is InChI=1S/C13H19FN2O3/c1-3-19-12-5-4-10(8-11(12)14)16-13(18)15-9(2)6-7-17/h4-5,8-9,17H,3,6-7H2,1-2H3,(H2,15,16,18)/t9-/m1/s1. The van der Waals surface area contributed by atoms with E-state index in [2.05, 4.69) is 10.6 Å². The molecule has 0 unspecified atom stereocenters. The molecule has 5 nitrogen and oxygen atoms in total. The van der Waals surface area contributed by atoms with Crippen LogP contribution < -0.4 is 15.4 Å². The fourth-order valence-electron chi connectivity index (χ4n) is 1.51. The van der Waals surface area contributed by atoms with Crippen LogP contribution in [0.4, 0.5) is 14.9 Å². The molecule has 0 bridgehead atoms. The van der Waals surface area contributed by atoms with Crippen LogP contribution in [-0.4, -0.2) is 30.4 Å². The molecule has 0 aliphatic heterocycles. The molecule has 0 aliphatic carbocycles. The van der Waals surface area contributed by atoms with E-state index in [-0.39, 0.29) is 18.4 Å². The molecular weight excluding hydrogens is 251 g/mol. The molecule has 19 heavy (non-hydrogen) atoms. The van der Waals surface area contributed by atoms with Crippen molar-refractivity contribution >= 4 is 11.7 Å². The Kier molecular flexibility index (Phi) is 6.08. The van der Waals surface area contributed by atoms with Gasteiger partial charge < -0.3 is 20.5 Å². The van der Waals surface area contributed by atoms with Crippen LogP contribution in [0.1, 0.15) is 20.3 Å². The molecular formula is C13H19FN2O3. The smallest absolute Gasteiger partial charge is 0.319 e. The first kappa shape index (κ1) is 15.2. The summed E-state index contributed by atoms with van der Waals surface area (Å²) in [5.74, 6) is -0.370. The normalized spacial score (nSPS) is 11.8. The number of rotatable bonds is 6. The first-order valence-electron chi connectivity index (χ1n) is 6.17. The highest BCUT2D eigenvalue weighted by Gasteiger charge is 2.09. The molecule has 0 heterocycles. The van der Waals surface area contributed by atoms with E-state index in [4.69, 9.17) is 9.84 Å². The van der Waals surface area contributed by atoms with Crippen molar-refractivity contribution in [3.05, 3.63) is 24.0 Å². The molecule has 6 heteroatoms. The minimum atomic E-state index is -0.525. The van der Waals surface area contributed by atoms with Gasteiger partial charge in [-0.3, -0.25) is 0 Å². The third-order valence-corrected chi connectivity index (χ3v) is 2.43. The molecule has 1 atom stereocenters. The van der Waals surface area contributed by atoms with Gasteiger partial charge in [0.25, 0.3) is 0 Å². The maximum absolute atomic E-state index is 13.5. The maximum Gasteiger partial charge on any atom is 0.319 e. The maximum atomic E-state index is 13.5. The lowest BCUT2D eigenvalue weighted by atomic mass is 10.2. The van der Waals surface area contributed by atoms with Crippen LogP contribution in [0.3, 0.4) is 0 Å². The van der Waals surface area contributed by atoms with Crippen molar-refractivity contribution in [1.82, 2.24) is 5.32 Å². The molecule has 106 valence electrons. The topological polar surface area (TPSA) is 70.6 Å². The zero-order valence-corrected chi connectivity index (χ0v) is 11.1. The number of aliphatic hydroxyl groups excluding tert-OH is 1. The van der Waals surface area contributed by atoms with Crippen LogP contribution in [-0.2, 0) is 0 Å². The first-order chi connectivity index (χ1) is 9.06. The fourth-order valence-corrected chi connectivity index (χ4v) is 1.51. The molecule has 0 aliphatic rings. The molecule has 1 aromatic carbocycles. The van der Waals surface area contributed by atoms with Crippen molar-refractivity contribution < 1.29 is 19.0 Å². The second kappa shape index (κ2) is 7.58. The summed E-state index contributed by atoms with van der Waals surface area (Å²) in [6.07, 6.45) is 0.463. The van der Waals surface area contributed by atoms with Crippen molar-refractivity contribution in [2.75, 3.05) is 18.5 Å². The third-order valence-electron chi connectivity index (χ3n) is 2.43. The number of anilines is 1.